The summed E-state index contributed by atoms with van der Waals surface area (Å²) in [6.45, 7) is 5.96. The van der Waals surface area contributed by atoms with Crippen molar-refractivity contribution in [3.8, 4) is 0 Å². The van der Waals surface area contributed by atoms with E-state index in [4.69, 9.17) is 5.73 Å². The van der Waals surface area contributed by atoms with Gasteiger partial charge in [-0.15, -0.1) is 0 Å². The minimum atomic E-state index is -0.779. The van der Waals surface area contributed by atoms with Crippen LogP contribution in [0.15, 0.2) is 12.4 Å². The van der Waals surface area contributed by atoms with Crippen molar-refractivity contribution < 1.29 is 9.59 Å². The molecule has 1 aromatic heterocycles. The van der Waals surface area contributed by atoms with Gasteiger partial charge >= 0.3 is 6.03 Å². The van der Waals surface area contributed by atoms with Crippen LogP contribution in [0.25, 0.3) is 0 Å². The predicted molar refractivity (Wildman–Crippen MR) is 83.3 cm³/mol. The number of primary amides is 1. The molecule has 3 N–H and O–H groups in total. The molecule has 0 aromatic carbocycles. The molecule has 122 valence electrons. The lowest BCUT2D eigenvalue weighted by Gasteiger charge is -2.31. The summed E-state index contributed by atoms with van der Waals surface area (Å²) in [6.07, 6.45) is 7.47. The summed E-state index contributed by atoms with van der Waals surface area (Å²) in [4.78, 5) is 24.2. The number of carbonyl (C=O) groups excluding carboxylic acids is 2. The molecule has 0 atom stereocenters. The van der Waals surface area contributed by atoms with Crippen LogP contribution < -0.4 is 11.1 Å². The van der Waals surface area contributed by atoms with Crippen LogP contribution in [-0.2, 0) is 11.3 Å². The molecule has 1 aliphatic rings. The molecule has 0 radical (unpaired) electrons. The monoisotopic (exact) mass is 307 g/mol. The lowest BCUT2D eigenvalue weighted by molar-refractivity contribution is -0.120. The Hall–Kier alpha value is -1.89. The van der Waals surface area contributed by atoms with Crippen molar-refractivity contribution >= 4 is 11.9 Å². The first kappa shape index (κ1) is 16.5. The van der Waals surface area contributed by atoms with E-state index in [2.05, 4.69) is 28.4 Å². The maximum absolute atomic E-state index is 11.3. The highest BCUT2D eigenvalue weighted by Crippen LogP contribution is 2.27. The quantitative estimate of drug-likeness (QED) is 0.821. The Morgan fingerprint density at radius 3 is 2.73 bits per heavy atom. The number of urea groups is 1. The number of imide groups is 1. The van der Waals surface area contributed by atoms with Gasteiger partial charge in [-0.2, -0.15) is 5.10 Å². The standard InChI is InChI=1S/C15H25N5O2/c1-2-20-11-13(10-17-20)12-5-8-19(9-6-12)7-3-4-14(21)18-15(16)22/h10-12H,2-9H2,1H3,(H3,16,18,21,22). The minimum absolute atomic E-state index is 0.297. The lowest BCUT2D eigenvalue weighted by atomic mass is 9.91. The molecule has 1 fully saturated rings. The first-order valence-corrected chi connectivity index (χ1v) is 7.92. The smallest absolute Gasteiger partial charge is 0.318 e. The van der Waals surface area contributed by atoms with Gasteiger partial charge in [-0.25, -0.2) is 4.79 Å². The van der Waals surface area contributed by atoms with Gasteiger partial charge in [0.15, 0.2) is 0 Å². The van der Waals surface area contributed by atoms with E-state index < -0.39 is 6.03 Å². The van der Waals surface area contributed by atoms with Gasteiger partial charge in [0, 0.05) is 19.2 Å². The molecule has 0 bridgehead atoms. The van der Waals surface area contributed by atoms with E-state index in [1.165, 1.54) is 5.56 Å². The van der Waals surface area contributed by atoms with Gasteiger partial charge in [0.1, 0.15) is 0 Å². The number of hydrogen-bond donors (Lipinski definition) is 2. The number of aryl methyl sites for hydroxylation is 1. The molecule has 0 unspecified atom stereocenters. The number of nitrogens with one attached hydrogen (secondary N) is 1. The normalized spacial score (nSPS) is 16.6. The molecule has 22 heavy (non-hydrogen) atoms. The molecule has 1 saturated heterocycles. The average Bonchev–Trinajstić information content (AvgIpc) is 2.96. The van der Waals surface area contributed by atoms with Gasteiger partial charge in [0.25, 0.3) is 0 Å². The zero-order valence-electron chi connectivity index (χ0n) is 13.1. The van der Waals surface area contributed by atoms with Crippen molar-refractivity contribution in [3.63, 3.8) is 0 Å². The molecule has 7 nitrogen and oxygen atoms in total. The summed E-state index contributed by atoms with van der Waals surface area (Å²) in [5, 5.41) is 6.43. The zero-order valence-corrected chi connectivity index (χ0v) is 13.1. The lowest BCUT2D eigenvalue weighted by Crippen LogP contribution is -2.36. The van der Waals surface area contributed by atoms with E-state index in [0.29, 0.717) is 12.3 Å². The molecular formula is C15H25N5O2. The fraction of sp³-hybridized carbons (Fsp3) is 0.667. The zero-order chi connectivity index (χ0) is 15.9. The Labute approximate surface area is 130 Å². The number of nitrogens with two attached hydrogens (primary N) is 1. The van der Waals surface area contributed by atoms with Gasteiger partial charge in [-0.3, -0.25) is 14.8 Å². The third-order valence-corrected chi connectivity index (χ3v) is 4.18. The van der Waals surface area contributed by atoms with E-state index in [1.807, 2.05) is 10.9 Å². The maximum atomic E-state index is 11.3. The van der Waals surface area contributed by atoms with Crippen LogP contribution in [0.3, 0.4) is 0 Å². The van der Waals surface area contributed by atoms with E-state index in [-0.39, 0.29) is 5.91 Å². The topological polar surface area (TPSA) is 93.3 Å². The summed E-state index contributed by atoms with van der Waals surface area (Å²) in [5.41, 5.74) is 6.24. The van der Waals surface area contributed by atoms with Crippen LogP contribution in [0, 0.1) is 0 Å². The van der Waals surface area contributed by atoms with E-state index in [0.717, 1.165) is 45.4 Å². The predicted octanol–water partition coefficient (Wildman–Crippen LogP) is 1.06. The van der Waals surface area contributed by atoms with Crippen molar-refractivity contribution in [1.82, 2.24) is 20.0 Å². The van der Waals surface area contributed by atoms with Gasteiger partial charge in [0.2, 0.25) is 5.91 Å². The van der Waals surface area contributed by atoms with Crippen LogP contribution >= 0.6 is 0 Å². The molecule has 0 aliphatic carbocycles. The number of rotatable bonds is 6. The average molecular weight is 307 g/mol. The molecule has 1 aromatic rings. The van der Waals surface area contributed by atoms with Crippen molar-refractivity contribution in [1.29, 1.82) is 0 Å². The van der Waals surface area contributed by atoms with E-state index in [1.54, 1.807) is 0 Å². The van der Waals surface area contributed by atoms with Gasteiger partial charge in [0.05, 0.1) is 6.20 Å². The molecule has 0 spiro atoms. The fourth-order valence-electron chi connectivity index (χ4n) is 2.92. The molecular weight excluding hydrogens is 282 g/mol. The highest BCUT2D eigenvalue weighted by Gasteiger charge is 2.21. The van der Waals surface area contributed by atoms with Crippen LogP contribution in [0.4, 0.5) is 4.79 Å². The van der Waals surface area contributed by atoms with Crippen LogP contribution in [0.2, 0.25) is 0 Å². The largest absolute Gasteiger partial charge is 0.351 e. The summed E-state index contributed by atoms with van der Waals surface area (Å²) in [7, 11) is 0. The van der Waals surface area contributed by atoms with Crippen molar-refractivity contribution in [2.24, 2.45) is 5.73 Å². The maximum Gasteiger partial charge on any atom is 0.318 e. The van der Waals surface area contributed by atoms with Gasteiger partial charge in [-0.05, 0) is 57.3 Å². The molecule has 1 aliphatic heterocycles. The Morgan fingerprint density at radius 2 is 2.14 bits per heavy atom. The summed E-state index contributed by atoms with van der Waals surface area (Å²) in [5.74, 6) is 0.295. The summed E-state index contributed by atoms with van der Waals surface area (Å²) < 4.78 is 1.97. The highest BCUT2D eigenvalue weighted by atomic mass is 16.2. The number of carbonyl (C=O) groups is 2. The summed E-state index contributed by atoms with van der Waals surface area (Å²) >= 11 is 0. The van der Waals surface area contributed by atoms with Crippen LogP contribution in [0.5, 0.6) is 0 Å². The number of nitrogens with zero attached hydrogens (tertiary/aromatic N) is 3. The van der Waals surface area contributed by atoms with Gasteiger partial charge in [-0.1, -0.05) is 0 Å². The second kappa shape index (κ2) is 7.93. The molecule has 3 amide bonds. The van der Waals surface area contributed by atoms with Crippen molar-refractivity contribution in [2.75, 3.05) is 19.6 Å². The first-order chi connectivity index (χ1) is 10.6. The number of likely N-dealkylation sites (tertiary alicyclic amines) is 1. The number of piperidine rings is 1. The van der Waals surface area contributed by atoms with Crippen LogP contribution in [0.1, 0.15) is 44.1 Å². The van der Waals surface area contributed by atoms with E-state index >= 15 is 0 Å². The third kappa shape index (κ3) is 4.84. The fourth-order valence-corrected chi connectivity index (χ4v) is 2.92. The number of amides is 3. The molecule has 7 heteroatoms. The Bertz CT molecular complexity index is 506. The van der Waals surface area contributed by atoms with Crippen molar-refractivity contribution in [2.45, 2.75) is 45.1 Å². The van der Waals surface area contributed by atoms with Crippen LogP contribution in [-0.4, -0.2) is 46.3 Å². The Morgan fingerprint density at radius 1 is 1.41 bits per heavy atom. The minimum Gasteiger partial charge on any atom is -0.351 e. The molecule has 2 rings (SSSR count). The molecule has 2 heterocycles. The van der Waals surface area contributed by atoms with Gasteiger partial charge < -0.3 is 10.6 Å². The second-order valence-electron chi connectivity index (χ2n) is 5.76. The SMILES string of the molecule is CCn1cc(C2CCN(CCCC(=O)NC(N)=O)CC2)cn1. The van der Waals surface area contributed by atoms with Crippen molar-refractivity contribution in [3.05, 3.63) is 18.0 Å². The molecule has 0 saturated carbocycles. The highest BCUT2D eigenvalue weighted by molar-refractivity contribution is 5.93. The second-order valence-corrected chi connectivity index (χ2v) is 5.76. The number of aromatic nitrogens is 2. The first-order valence-electron chi connectivity index (χ1n) is 7.92. The summed E-state index contributed by atoms with van der Waals surface area (Å²) in [6, 6.07) is -0.779. The number of hydrogen-bond acceptors (Lipinski definition) is 4. The third-order valence-electron chi connectivity index (χ3n) is 4.18. The Balaban J connectivity index is 1.67. The van der Waals surface area contributed by atoms with E-state index in [9.17, 15) is 9.59 Å². The Kier molecular flexibility index (Phi) is 5.94.